The molecule has 4 N–H and O–H groups in total. The van der Waals surface area contributed by atoms with Crippen molar-refractivity contribution in [1.82, 2.24) is 25.7 Å². The van der Waals surface area contributed by atoms with Crippen molar-refractivity contribution in [1.29, 1.82) is 0 Å². The first-order valence-corrected chi connectivity index (χ1v) is 9.16. The van der Waals surface area contributed by atoms with Crippen LogP contribution in [0.2, 0.25) is 0 Å². The van der Waals surface area contributed by atoms with Gasteiger partial charge in [0, 0.05) is 18.3 Å². The van der Waals surface area contributed by atoms with Crippen LogP contribution in [0.25, 0.3) is 0 Å². The highest BCUT2D eigenvalue weighted by atomic mass is 16.5. The lowest BCUT2D eigenvalue weighted by atomic mass is 10.0. The first-order chi connectivity index (χ1) is 14.0. The zero-order chi connectivity index (χ0) is 20.7. The number of nitrogens with zero attached hydrogens (tertiary/aromatic N) is 2. The maximum Gasteiger partial charge on any atom is 0.269 e. The van der Waals surface area contributed by atoms with Crippen molar-refractivity contribution < 1.29 is 24.2 Å². The third kappa shape index (κ3) is 5.62. The van der Waals surface area contributed by atoms with E-state index in [1.54, 1.807) is 30.3 Å². The summed E-state index contributed by atoms with van der Waals surface area (Å²) < 4.78 is 5.41. The SMILES string of the molecule is O=C(NCC(=O)N1CCOC[C@@](O)(CNC(=O)c2ccn[nH]2)C1)c1ccccc1. The van der Waals surface area contributed by atoms with Gasteiger partial charge in [0.2, 0.25) is 5.91 Å². The van der Waals surface area contributed by atoms with Crippen molar-refractivity contribution >= 4 is 17.7 Å². The van der Waals surface area contributed by atoms with Crippen LogP contribution in [0.15, 0.2) is 42.6 Å². The fourth-order valence-corrected chi connectivity index (χ4v) is 2.92. The zero-order valence-corrected chi connectivity index (χ0v) is 15.8. The summed E-state index contributed by atoms with van der Waals surface area (Å²) in [7, 11) is 0. The summed E-state index contributed by atoms with van der Waals surface area (Å²) in [5.74, 6) is -1.13. The predicted octanol–water partition coefficient (Wildman–Crippen LogP) is -0.841. The number of H-pyrrole nitrogens is 1. The minimum Gasteiger partial charge on any atom is -0.384 e. The summed E-state index contributed by atoms with van der Waals surface area (Å²) in [6.45, 7) is 0.147. The molecule has 1 fully saturated rings. The van der Waals surface area contributed by atoms with E-state index in [0.29, 0.717) is 5.56 Å². The standard InChI is InChI=1S/C19H23N5O5/c25-16(10-20-17(26)14-4-2-1-3-5-14)24-8-9-29-13-19(28,12-24)11-21-18(27)15-6-7-22-23-15/h1-7,28H,8-13H2,(H,20,26)(H,21,27)(H,22,23)/t19-/m1/s1. The lowest BCUT2D eigenvalue weighted by molar-refractivity contribution is -0.132. The number of hydrogen-bond acceptors (Lipinski definition) is 6. The van der Waals surface area contributed by atoms with Crippen LogP contribution in [0, 0.1) is 0 Å². The molecule has 1 aliphatic heterocycles. The number of nitrogens with one attached hydrogen (secondary N) is 3. The molecule has 0 bridgehead atoms. The molecule has 10 nitrogen and oxygen atoms in total. The second-order valence-electron chi connectivity index (χ2n) is 6.79. The number of benzene rings is 1. The molecular formula is C19H23N5O5. The first kappa shape index (κ1) is 20.5. The monoisotopic (exact) mass is 401 g/mol. The van der Waals surface area contributed by atoms with Crippen molar-refractivity contribution in [2.45, 2.75) is 5.60 Å². The van der Waals surface area contributed by atoms with E-state index in [1.807, 2.05) is 0 Å². The fourth-order valence-electron chi connectivity index (χ4n) is 2.92. The van der Waals surface area contributed by atoms with Crippen LogP contribution in [0.5, 0.6) is 0 Å². The third-order valence-electron chi connectivity index (χ3n) is 4.47. The van der Waals surface area contributed by atoms with Gasteiger partial charge in [-0.1, -0.05) is 18.2 Å². The van der Waals surface area contributed by atoms with Crippen molar-refractivity contribution in [3.8, 4) is 0 Å². The number of aliphatic hydroxyl groups is 1. The summed E-state index contributed by atoms with van der Waals surface area (Å²) >= 11 is 0. The Hall–Kier alpha value is -3.24. The number of carbonyl (C=O) groups is 3. The molecule has 0 saturated carbocycles. The molecule has 2 aromatic rings. The zero-order valence-electron chi connectivity index (χ0n) is 15.8. The van der Waals surface area contributed by atoms with Crippen LogP contribution in [-0.2, 0) is 9.53 Å². The van der Waals surface area contributed by atoms with E-state index in [-0.39, 0.29) is 56.9 Å². The molecule has 1 aromatic carbocycles. The van der Waals surface area contributed by atoms with Crippen LogP contribution < -0.4 is 10.6 Å². The van der Waals surface area contributed by atoms with Crippen LogP contribution in [0.4, 0.5) is 0 Å². The summed E-state index contributed by atoms with van der Waals surface area (Å²) in [5.41, 5.74) is -0.733. The lowest BCUT2D eigenvalue weighted by Gasteiger charge is -2.31. The molecule has 10 heteroatoms. The van der Waals surface area contributed by atoms with Crippen molar-refractivity contribution in [3.05, 3.63) is 53.9 Å². The van der Waals surface area contributed by atoms with Gasteiger partial charge in [0.15, 0.2) is 0 Å². The molecule has 154 valence electrons. The maximum absolute atomic E-state index is 12.5. The van der Waals surface area contributed by atoms with E-state index >= 15 is 0 Å². The third-order valence-corrected chi connectivity index (χ3v) is 4.47. The maximum atomic E-state index is 12.5. The number of aromatic amines is 1. The Bertz CT molecular complexity index is 842. The Morgan fingerprint density at radius 3 is 2.69 bits per heavy atom. The molecular weight excluding hydrogens is 378 g/mol. The van der Waals surface area contributed by atoms with Crippen LogP contribution in [0.3, 0.4) is 0 Å². The van der Waals surface area contributed by atoms with E-state index < -0.39 is 11.5 Å². The van der Waals surface area contributed by atoms with E-state index in [0.717, 1.165) is 0 Å². The van der Waals surface area contributed by atoms with Gasteiger partial charge in [-0.05, 0) is 18.2 Å². The molecule has 0 aliphatic carbocycles. The Morgan fingerprint density at radius 1 is 1.17 bits per heavy atom. The Labute approximate surface area is 167 Å². The number of rotatable bonds is 6. The minimum absolute atomic E-state index is 0.0313. The normalized spacial score (nSPS) is 19.3. The van der Waals surface area contributed by atoms with E-state index in [2.05, 4.69) is 20.8 Å². The van der Waals surface area contributed by atoms with E-state index in [1.165, 1.54) is 17.2 Å². The summed E-state index contributed by atoms with van der Waals surface area (Å²) in [4.78, 5) is 38.1. The number of amides is 3. The molecule has 1 atom stereocenters. The molecule has 2 heterocycles. The molecule has 29 heavy (non-hydrogen) atoms. The predicted molar refractivity (Wildman–Crippen MR) is 102 cm³/mol. The topological polar surface area (TPSA) is 137 Å². The van der Waals surface area contributed by atoms with Crippen molar-refractivity contribution in [2.75, 3.05) is 39.4 Å². The van der Waals surface area contributed by atoms with Crippen molar-refractivity contribution in [2.24, 2.45) is 0 Å². The van der Waals surface area contributed by atoms with E-state index in [9.17, 15) is 19.5 Å². The summed E-state index contributed by atoms with van der Waals surface area (Å²) in [5, 5.41) is 22.3. The highest BCUT2D eigenvalue weighted by molar-refractivity contribution is 5.96. The second-order valence-corrected chi connectivity index (χ2v) is 6.79. The van der Waals surface area contributed by atoms with Gasteiger partial charge in [0.1, 0.15) is 11.3 Å². The summed E-state index contributed by atoms with van der Waals surface area (Å²) in [6.07, 6.45) is 1.45. The Kier molecular flexibility index (Phi) is 6.57. The molecule has 0 radical (unpaired) electrons. The largest absolute Gasteiger partial charge is 0.384 e. The van der Waals surface area contributed by atoms with Gasteiger partial charge in [-0.2, -0.15) is 5.10 Å². The molecule has 1 aromatic heterocycles. The molecule has 3 amide bonds. The number of hydrogen-bond donors (Lipinski definition) is 4. The quantitative estimate of drug-likeness (QED) is 0.498. The number of carbonyl (C=O) groups excluding carboxylic acids is 3. The lowest BCUT2D eigenvalue weighted by Crippen LogP contribution is -2.54. The van der Waals surface area contributed by atoms with Crippen LogP contribution in [0.1, 0.15) is 20.8 Å². The molecule has 0 spiro atoms. The van der Waals surface area contributed by atoms with Gasteiger partial charge in [0.05, 0.1) is 32.8 Å². The first-order valence-electron chi connectivity index (χ1n) is 9.16. The van der Waals surface area contributed by atoms with Crippen LogP contribution >= 0.6 is 0 Å². The van der Waals surface area contributed by atoms with Gasteiger partial charge in [-0.3, -0.25) is 19.5 Å². The fraction of sp³-hybridized carbons (Fsp3) is 0.368. The van der Waals surface area contributed by atoms with Gasteiger partial charge in [0.25, 0.3) is 11.8 Å². The average molecular weight is 401 g/mol. The number of aromatic nitrogens is 2. The number of β-amino-alcohol motifs (C(OH)–C–C–N with tert-alkyl or cyclic N) is 1. The number of ether oxygens (including phenoxy) is 1. The highest BCUT2D eigenvalue weighted by Gasteiger charge is 2.35. The molecule has 3 rings (SSSR count). The highest BCUT2D eigenvalue weighted by Crippen LogP contribution is 2.12. The van der Waals surface area contributed by atoms with Gasteiger partial charge in [-0.25, -0.2) is 0 Å². The average Bonchev–Trinajstić information content (AvgIpc) is 3.21. The minimum atomic E-state index is -1.45. The molecule has 1 saturated heterocycles. The van der Waals surface area contributed by atoms with Gasteiger partial charge in [-0.15, -0.1) is 0 Å². The Morgan fingerprint density at radius 2 is 1.97 bits per heavy atom. The van der Waals surface area contributed by atoms with Gasteiger partial charge < -0.3 is 25.4 Å². The molecule has 1 aliphatic rings. The summed E-state index contributed by atoms with van der Waals surface area (Å²) in [6, 6.07) is 10.1. The van der Waals surface area contributed by atoms with Crippen molar-refractivity contribution in [3.63, 3.8) is 0 Å². The van der Waals surface area contributed by atoms with Crippen LogP contribution in [-0.4, -0.2) is 82.9 Å². The van der Waals surface area contributed by atoms with E-state index in [4.69, 9.17) is 4.74 Å². The molecule has 0 unspecified atom stereocenters. The Balaban J connectivity index is 1.54. The van der Waals surface area contributed by atoms with Gasteiger partial charge >= 0.3 is 0 Å². The smallest absolute Gasteiger partial charge is 0.269 e. The second kappa shape index (κ2) is 9.30.